The van der Waals surface area contributed by atoms with Crippen LogP contribution in [-0.2, 0) is 14.6 Å². The topological polar surface area (TPSA) is 113 Å². The van der Waals surface area contributed by atoms with Crippen molar-refractivity contribution < 1.29 is 23.1 Å². The van der Waals surface area contributed by atoms with E-state index >= 15 is 0 Å². The molecule has 1 aliphatic rings. The number of carbonyl (C=O) groups excluding carboxylic acids is 1. The molecular weight excluding hydrogens is 260 g/mol. The summed E-state index contributed by atoms with van der Waals surface area (Å²) in [6, 6.07) is -0.892. The number of hydrogen-bond donors (Lipinski definition) is 3. The van der Waals surface area contributed by atoms with Gasteiger partial charge >= 0.3 is 12.0 Å². The Kier molecular flexibility index (Phi) is 4.94. The van der Waals surface area contributed by atoms with Gasteiger partial charge in [-0.3, -0.25) is 4.79 Å². The molecule has 1 rings (SSSR count). The lowest BCUT2D eigenvalue weighted by atomic mass is 10.1. The number of carbonyl (C=O) groups is 2. The predicted octanol–water partition coefficient (Wildman–Crippen LogP) is -0.416. The molecule has 2 unspecified atom stereocenters. The summed E-state index contributed by atoms with van der Waals surface area (Å²) < 4.78 is 22.3. The molecule has 0 saturated carbocycles. The number of nitrogens with one attached hydrogen (secondary N) is 2. The van der Waals surface area contributed by atoms with E-state index in [1.165, 1.54) is 0 Å². The van der Waals surface area contributed by atoms with Gasteiger partial charge in [-0.25, -0.2) is 13.2 Å². The average Bonchev–Trinajstić information content (AvgIpc) is 2.58. The number of sulfone groups is 1. The van der Waals surface area contributed by atoms with E-state index in [1.54, 1.807) is 6.92 Å². The minimum absolute atomic E-state index is 0.0388. The number of urea groups is 1. The second-order valence-corrected chi connectivity index (χ2v) is 6.63. The van der Waals surface area contributed by atoms with Crippen molar-refractivity contribution in [2.24, 2.45) is 5.92 Å². The number of amides is 2. The Hall–Kier alpha value is -1.31. The molecule has 7 nitrogen and oxygen atoms in total. The van der Waals surface area contributed by atoms with Crippen molar-refractivity contribution in [1.29, 1.82) is 0 Å². The van der Waals surface area contributed by atoms with Crippen molar-refractivity contribution in [2.75, 3.05) is 18.1 Å². The van der Waals surface area contributed by atoms with Crippen LogP contribution < -0.4 is 10.6 Å². The Bertz CT molecular complexity index is 420. The van der Waals surface area contributed by atoms with Gasteiger partial charge in [-0.1, -0.05) is 6.92 Å². The lowest BCUT2D eigenvalue weighted by Gasteiger charge is -2.14. The van der Waals surface area contributed by atoms with E-state index in [-0.39, 0.29) is 24.1 Å². The van der Waals surface area contributed by atoms with Gasteiger partial charge in [0.15, 0.2) is 9.84 Å². The minimum atomic E-state index is -3.03. The summed E-state index contributed by atoms with van der Waals surface area (Å²) in [5.41, 5.74) is 0. The lowest BCUT2D eigenvalue weighted by Crippen LogP contribution is -2.44. The fourth-order valence-corrected chi connectivity index (χ4v) is 3.44. The molecule has 2 amide bonds. The Labute approximate surface area is 106 Å². The maximum absolute atomic E-state index is 11.4. The zero-order chi connectivity index (χ0) is 13.8. The quantitative estimate of drug-likeness (QED) is 0.632. The van der Waals surface area contributed by atoms with Crippen molar-refractivity contribution in [3.05, 3.63) is 0 Å². The van der Waals surface area contributed by atoms with E-state index in [0.29, 0.717) is 12.8 Å². The molecule has 2 atom stereocenters. The van der Waals surface area contributed by atoms with Gasteiger partial charge in [0.25, 0.3) is 0 Å². The van der Waals surface area contributed by atoms with Crippen LogP contribution in [0.2, 0.25) is 0 Å². The second kappa shape index (κ2) is 6.03. The van der Waals surface area contributed by atoms with Crippen molar-refractivity contribution in [3.8, 4) is 0 Å². The summed E-state index contributed by atoms with van der Waals surface area (Å²) in [4.78, 5) is 22.2. The van der Waals surface area contributed by atoms with E-state index in [4.69, 9.17) is 5.11 Å². The number of carboxylic acids is 1. The third kappa shape index (κ3) is 4.52. The van der Waals surface area contributed by atoms with Crippen LogP contribution in [0.3, 0.4) is 0 Å². The van der Waals surface area contributed by atoms with Crippen molar-refractivity contribution in [3.63, 3.8) is 0 Å². The summed E-state index contributed by atoms with van der Waals surface area (Å²) in [7, 11) is -3.03. The van der Waals surface area contributed by atoms with Crippen LogP contribution >= 0.6 is 0 Å². The SMILES string of the molecule is CCC(CNC(=O)NC1CCS(=O)(=O)C1)C(=O)O. The van der Waals surface area contributed by atoms with E-state index in [2.05, 4.69) is 10.6 Å². The Morgan fingerprint density at radius 2 is 2.11 bits per heavy atom. The van der Waals surface area contributed by atoms with Gasteiger partial charge in [0.2, 0.25) is 0 Å². The van der Waals surface area contributed by atoms with Crippen LogP contribution in [0.15, 0.2) is 0 Å². The first-order valence-electron chi connectivity index (χ1n) is 5.81. The lowest BCUT2D eigenvalue weighted by molar-refractivity contribution is -0.141. The standard InChI is InChI=1S/C10H18N2O5S/c1-2-7(9(13)14)5-11-10(15)12-8-3-4-18(16,17)6-8/h7-8H,2-6H2,1H3,(H,13,14)(H2,11,12,15). The maximum atomic E-state index is 11.4. The van der Waals surface area contributed by atoms with Gasteiger partial charge in [-0.2, -0.15) is 0 Å². The number of aliphatic carboxylic acids is 1. The zero-order valence-corrected chi connectivity index (χ0v) is 11.0. The molecule has 0 bridgehead atoms. The Morgan fingerprint density at radius 3 is 2.56 bits per heavy atom. The fourth-order valence-electron chi connectivity index (χ4n) is 1.77. The molecule has 0 aromatic carbocycles. The number of rotatable bonds is 5. The highest BCUT2D eigenvalue weighted by Crippen LogP contribution is 2.10. The van der Waals surface area contributed by atoms with Gasteiger partial charge < -0.3 is 15.7 Å². The van der Waals surface area contributed by atoms with E-state index in [1.807, 2.05) is 0 Å². The fraction of sp³-hybridized carbons (Fsp3) is 0.800. The molecule has 18 heavy (non-hydrogen) atoms. The summed E-state index contributed by atoms with van der Waals surface area (Å²) in [6.07, 6.45) is 0.833. The highest BCUT2D eigenvalue weighted by atomic mass is 32.2. The first kappa shape index (κ1) is 14.7. The van der Waals surface area contributed by atoms with Gasteiger partial charge in [0.05, 0.1) is 17.4 Å². The molecule has 0 spiro atoms. The normalized spacial score (nSPS) is 23.3. The van der Waals surface area contributed by atoms with Gasteiger partial charge in [-0.15, -0.1) is 0 Å². The second-order valence-electron chi connectivity index (χ2n) is 4.40. The van der Waals surface area contributed by atoms with Crippen LogP contribution in [0.5, 0.6) is 0 Å². The van der Waals surface area contributed by atoms with Crippen LogP contribution in [0.25, 0.3) is 0 Å². The third-order valence-electron chi connectivity index (χ3n) is 2.92. The molecule has 8 heteroatoms. The van der Waals surface area contributed by atoms with Gasteiger partial charge in [-0.05, 0) is 12.8 Å². The van der Waals surface area contributed by atoms with E-state index < -0.39 is 27.8 Å². The molecule has 104 valence electrons. The van der Waals surface area contributed by atoms with Crippen LogP contribution in [-0.4, -0.2) is 49.6 Å². The highest BCUT2D eigenvalue weighted by molar-refractivity contribution is 7.91. The predicted molar refractivity (Wildman–Crippen MR) is 65.0 cm³/mol. The molecule has 3 N–H and O–H groups in total. The Balaban J connectivity index is 2.32. The molecule has 1 saturated heterocycles. The zero-order valence-electron chi connectivity index (χ0n) is 10.2. The summed E-state index contributed by atoms with van der Waals surface area (Å²) >= 11 is 0. The molecule has 0 aliphatic carbocycles. The first-order chi connectivity index (χ1) is 8.34. The Morgan fingerprint density at radius 1 is 1.44 bits per heavy atom. The average molecular weight is 278 g/mol. The number of hydrogen-bond acceptors (Lipinski definition) is 4. The van der Waals surface area contributed by atoms with Crippen molar-refractivity contribution >= 4 is 21.8 Å². The summed E-state index contributed by atoms with van der Waals surface area (Å²) in [6.45, 7) is 1.76. The van der Waals surface area contributed by atoms with Crippen LogP contribution in [0.1, 0.15) is 19.8 Å². The van der Waals surface area contributed by atoms with Crippen LogP contribution in [0.4, 0.5) is 4.79 Å². The van der Waals surface area contributed by atoms with E-state index in [9.17, 15) is 18.0 Å². The maximum Gasteiger partial charge on any atom is 0.315 e. The summed E-state index contributed by atoms with van der Waals surface area (Å²) in [5, 5.41) is 13.8. The van der Waals surface area contributed by atoms with Gasteiger partial charge in [0.1, 0.15) is 0 Å². The smallest absolute Gasteiger partial charge is 0.315 e. The largest absolute Gasteiger partial charge is 0.481 e. The van der Waals surface area contributed by atoms with Crippen molar-refractivity contribution in [2.45, 2.75) is 25.8 Å². The van der Waals surface area contributed by atoms with E-state index in [0.717, 1.165) is 0 Å². The minimum Gasteiger partial charge on any atom is -0.481 e. The molecule has 0 radical (unpaired) electrons. The first-order valence-corrected chi connectivity index (χ1v) is 7.63. The summed E-state index contributed by atoms with van der Waals surface area (Å²) in [5.74, 6) is -1.54. The third-order valence-corrected chi connectivity index (χ3v) is 4.69. The highest BCUT2D eigenvalue weighted by Gasteiger charge is 2.29. The monoisotopic (exact) mass is 278 g/mol. The van der Waals surface area contributed by atoms with Crippen molar-refractivity contribution in [1.82, 2.24) is 10.6 Å². The molecule has 0 aromatic rings. The van der Waals surface area contributed by atoms with Gasteiger partial charge in [0, 0.05) is 12.6 Å². The molecular formula is C10H18N2O5S. The number of carboxylic acid groups (broad SMARTS) is 1. The molecule has 1 fully saturated rings. The van der Waals surface area contributed by atoms with Crippen LogP contribution in [0, 0.1) is 5.92 Å². The molecule has 1 aliphatic heterocycles. The molecule has 1 heterocycles. The molecule has 0 aromatic heterocycles.